The number of carbonyl (C=O) groups is 2. The van der Waals surface area contributed by atoms with Crippen LogP contribution in [0, 0.1) is 5.92 Å². The van der Waals surface area contributed by atoms with Gasteiger partial charge in [0.05, 0.1) is 20.3 Å². The van der Waals surface area contributed by atoms with E-state index in [4.69, 9.17) is 13.8 Å². The lowest BCUT2D eigenvalue weighted by atomic mass is 10.0. The Morgan fingerprint density at radius 3 is 2.07 bits per heavy atom. The molecule has 1 aromatic rings. The first-order valence-corrected chi connectivity index (χ1v) is 11.3. The first-order chi connectivity index (χ1) is 13.7. The number of methoxy groups -OCH3 is 1. The molecule has 1 amide bonds. The third-order valence-electron chi connectivity index (χ3n) is 4.21. The summed E-state index contributed by atoms with van der Waals surface area (Å²) in [4.78, 5) is 24.6. The standard InChI is InChI=1S/C20H32NO7P/c1-6-27-29(25,28-7-2)18(13-15-8-10-16(26-5)11-9-15)19(22)21-17(20(23)24)12-14(3)4/h8-11,14,17-18H,6-7,12-13H2,1-5H3,(H,21,22)(H,23,24)/t17-,18?/m0/s1. The molecule has 0 spiro atoms. The highest BCUT2D eigenvalue weighted by Gasteiger charge is 2.42. The van der Waals surface area contributed by atoms with Gasteiger partial charge >= 0.3 is 13.6 Å². The molecule has 1 rings (SSSR count). The Hall–Kier alpha value is -1.89. The summed E-state index contributed by atoms with van der Waals surface area (Å²) in [6, 6.07) is 5.89. The molecule has 0 saturated carbocycles. The number of hydrogen-bond donors (Lipinski definition) is 2. The van der Waals surface area contributed by atoms with Crippen molar-refractivity contribution in [2.75, 3.05) is 20.3 Å². The van der Waals surface area contributed by atoms with Crippen LogP contribution in [0.2, 0.25) is 0 Å². The summed E-state index contributed by atoms with van der Waals surface area (Å²) in [5.74, 6) is -1.10. The van der Waals surface area contributed by atoms with Gasteiger partial charge in [0.1, 0.15) is 17.5 Å². The van der Waals surface area contributed by atoms with Gasteiger partial charge in [-0.2, -0.15) is 0 Å². The summed E-state index contributed by atoms with van der Waals surface area (Å²) in [5.41, 5.74) is -0.453. The predicted octanol–water partition coefficient (Wildman–Crippen LogP) is 3.49. The number of hydrogen-bond acceptors (Lipinski definition) is 6. The van der Waals surface area contributed by atoms with Crippen LogP contribution >= 0.6 is 7.60 Å². The lowest BCUT2D eigenvalue weighted by Crippen LogP contribution is -2.47. The van der Waals surface area contributed by atoms with Crippen molar-refractivity contribution in [3.05, 3.63) is 29.8 Å². The largest absolute Gasteiger partial charge is 0.497 e. The first-order valence-electron chi connectivity index (χ1n) is 9.71. The molecule has 8 nitrogen and oxygen atoms in total. The maximum atomic E-state index is 13.4. The molecule has 0 aromatic heterocycles. The van der Waals surface area contributed by atoms with E-state index in [1.165, 1.54) is 0 Å². The third-order valence-corrected chi connectivity index (χ3v) is 6.63. The molecule has 1 unspecified atom stereocenters. The molecule has 0 aliphatic carbocycles. The van der Waals surface area contributed by atoms with Crippen molar-refractivity contribution in [3.63, 3.8) is 0 Å². The lowest BCUT2D eigenvalue weighted by Gasteiger charge is -2.27. The number of benzene rings is 1. The Morgan fingerprint density at radius 1 is 1.10 bits per heavy atom. The van der Waals surface area contributed by atoms with Gasteiger partial charge in [-0.3, -0.25) is 9.36 Å². The molecule has 0 bridgehead atoms. The van der Waals surface area contributed by atoms with Gasteiger partial charge in [0.15, 0.2) is 0 Å². The van der Waals surface area contributed by atoms with Crippen LogP contribution in [-0.2, 0) is 29.6 Å². The van der Waals surface area contributed by atoms with Crippen molar-refractivity contribution in [1.82, 2.24) is 5.32 Å². The average Bonchev–Trinajstić information content (AvgIpc) is 2.65. The van der Waals surface area contributed by atoms with Crippen LogP contribution in [0.15, 0.2) is 24.3 Å². The zero-order chi connectivity index (χ0) is 22.0. The van der Waals surface area contributed by atoms with Crippen LogP contribution in [0.1, 0.15) is 39.7 Å². The third kappa shape index (κ3) is 7.80. The summed E-state index contributed by atoms with van der Waals surface area (Å²) in [6.45, 7) is 7.24. The van der Waals surface area contributed by atoms with E-state index in [0.29, 0.717) is 5.75 Å². The van der Waals surface area contributed by atoms with Gasteiger partial charge in [0.2, 0.25) is 5.91 Å². The summed E-state index contributed by atoms with van der Waals surface area (Å²) in [7, 11) is -2.28. The molecular formula is C20H32NO7P. The molecule has 9 heteroatoms. The highest BCUT2D eigenvalue weighted by atomic mass is 31.2. The number of carboxylic acid groups (broad SMARTS) is 1. The van der Waals surface area contributed by atoms with E-state index in [2.05, 4.69) is 5.32 Å². The molecule has 0 radical (unpaired) electrons. The van der Waals surface area contributed by atoms with Crippen LogP contribution in [0.5, 0.6) is 5.75 Å². The Bertz CT molecular complexity index is 695. The minimum atomic E-state index is -3.83. The maximum absolute atomic E-state index is 13.4. The van der Waals surface area contributed by atoms with Crippen molar-refractivity contribution < 1.29 is 33.0 Å². The molecule has 0 aliphatic rings. The second kappa shape index (κ2) is 12.0. The topological polar surface area (TPSA) is 111 Å². The number of rotatable bonds is 13. The van der Waals surface area contributed by atoms with Gasteiger partial charge in [0.25, 0.3) is 0 Å². The van der Waals surface area contributed by atoms with E-state index < -0.39 is 31.2 Å². The number of carbonyl (C=O) groups excluding carboxylic acids is 1. The highest BCUT2D eigenvalue weighted by molar-refractivity contribution is 7.55. The SMILES string of the molecule is CCOP(=O)(OCC)C(Cc1ccc(OC)cc1)C(=O)N[C@@H](CC(C)C)C(=O)O. The highest BCUT2D eigenvalue weighted by Crippen LogP contribution is 2.54. The van der Waals surface area contributed by atoms with Crippen LogP contribution in [0.4, 0.5) is 0 Å². The Morgan fingerprint density at radius 2 is 1.66 bits per heavy atom. The molecule has 2 N–H and O–H groups in total. The van der Waals surface area contributed by atoms with Crippen LogP contribution in [-0.4, -0.2) is 49.0 Å². The number of amides is 1. The normalized spacial score (nSPS) is 13.7. The second-order valence-electron chi connectivity index (χ2n) is 6.97. The summed E-state index contributed by atoms with van der Waals surface area (Å²) >= 11 is 0. The molecule has 0 aliphatic heterocycles. The monoisotopic (exact) mass is 429 g/mol. The Kier molecular flexibility index (Phi) is 10.4. The molecule has 0 saturated heterocycles. The van der Waals surface area contributed by atoms with E-state index in [1.54, 1.807) is 45.2 Å². The van der Waals surface area contributed by atoms with Crippen molar-refractivity contribution in [3.8, 4) is 5.75 Å². The van der Waals surface area contributed by atoms with Crippen molar-refractivity contribution in [1.29, 1.82) is 0 Å². The number of nitrogens with one attached hydrogen (secondary N) is 1. The summed E-state index contributed by atoms with van der Waals surface area (Å²) < 4.78 is 29.3. The molecule has 29 heavy (non-hydrogen) atoms. The van der Waals surface area contributed by atoms with Gasteiger partial charge < -0.3 is 24.2 Å². The number of carboxylic acids is 1. The van der Waals surface area contributed by atoms with E-state index in [-0.39, 0.29) is 32.0 Å². The van der Waals surface area contributed by atoms with Gasteiger partial charge in [-0.05, 0) is 50.3 Å². The average molecular weight is 429 g/mol. The fourth-order valence-corrected chi connectivity index (χ4v) is 4.82. The predicted molar refractivity (Wildman–Crippen MR) is 110 cm³/mol. The van der Waals surface area contributed by atoms with Crippen molar-refractivity contribution in [2.45, 2.75) is 52.2 Å². The number of ether oxygens (including phenoxy) is 1. The molecule has 164 valence electrons. The van der Waals surface area contributed by atoms with Crippen molar-refractivity contribution >= 4 is 19.5 Å². The van der Waals surface area contributed by atoms with Crippen molar-refractivity contribution in [2.24, 2.45) is 5.92 Å². The molecule has 2 atom stereocenters. The van der Waals surface area contributed by atoms with Gasteiger partial charge in [0, 0.05) is 0 Å². The Balaban J connectivity index is 3.20. The molecule has 1 aromatic carbocycles. The van der Waals surface area contributed by atoms with Crippen LogP contribution in [0.25, 0.3) is 0 Å². The minimum absolute atomic E-state index is 0.0574. The smallest absolute Gasteiger partial charge is 0.343 e. The zero-order valence-corrected chi connectivity index (χ0v) is 18.6. The maximum Gasteiger partial charge on any atom is 0.343 e. The second-order valence-corrected chi connectivity index (χ2v) is 9.19. The summed E-state index contributed by atoms with van der Waals surface area (Å²) in [6.07, 6.45) is 0.324. The fraction of sp³-hybridized carbons (Fsp3) is 0.600. The van der Waals surface area contributed by atoms with Crippen LogP contribution in [0.3, 0.4) is 0 Å². The molecular weight excluding hydrogens is 397 g/mol. The molecule has 0 heterocycles. The van der Waals surface area contributed by atoms with Crippen LogP contribution < -0.4 is 10.1 Å². The van der Waals surface area contributed by atoms with Gasteiger partial charge in [-0.25, -0.2) is 4.79 Å². The van der Waals surface area contributed by atoms with Gasteiger partial charge in [-0.1, -0.05) is 26.0 Å². The Labute approximate surface area is 172 Å². The quantitative estimate of drug-likeness (QED) is 0.462. The van der Waals surface area contributed by atoms with E-state index in [1.807, 2.05) is 13.8 Å². The van der Waals surface area contributed by atoms with E-state index in [9.17, 15) is 19.3 Å². The molecule has 0 fully saturated rings. The minimum Gasteiger partial charge on any atom is -0.497 e. The summed E-state index contributed by atoms with van der Waals surface area (Å²) in [5, 5.41) is 12.0. The van der Waals surface area contributed by atoms with Gasteiger partial charge in [-0.15, -0.1) is 0 Å². The lowest BCUT2D eigenvalue weighted by molar-refractivity contribution is -0.142. The van der Waals surface area contributed by atoms with E-state index >= 15 is 0 Å². The first kappa shape index (κ1) is 25.1. The number of aliphatic carboxylic acids is 1. The zero-order valence-electron chi connectivity index (χ0n) is 17.7. The fourth-order valence-electron chi connectivity index (χ4n) is 2.87. The van der Waals surface area contributed by atoms with E-state index in [0.717, 1.165) is 5.56 Å².